The molecule has 1 N–H and O–H groups in total. The van der Waals surface area contributed by atoms with Crippen LogP contribution < -0.4 is 10.5 Å². The Morgan fingerprint density at radius 3 is 2.87 bits per heavy atom. The van der Waals surface area contributed by atoms with E-state index in [1.54, 1.807) is 11.7 Å². The molecule has 2 aromatic heterocycles. The third-order valence-corrected chi connectivity index (χ3v) is 6.57. The monoisotopic (exact) mass is 434 g/mol. The van der Waals surface area contributed by atoms with Gasteiger partial charge in [-0.15, -0.1) is 0 Å². The Hall–Kier alpha value is -3.10. The van der Waals surface area contributed by atoms with E-state index in [-0.39, 0.29) is 17.2 Å². The van der Waals surface area contributed by atoms with Gasteiger partial charge >= 0.3 is 0 Å². The number of fused-ring (bicyclic) bond motifs is 4. The molecule has 0 radical (unpaired) electrons. The Morgan fingerprint density at radius 2 is 2.00 bits per heavy atom. The number of nitrogens with zero attached hydrogens (tertiary/aromatic N) is 3. The van der Waals surface area contributed by atoms with Crippen LogP contribution in [0.25, 0.3) is 21.9 Å². The van der Waals surface area contributed by atoms with E-state index < -0.39 is 0 Å². The summed E-state index contributed by atoms with van der Waals surface area (Å²) >= 11 is 1.30. The molecule has 4 aromatic rings. The van der Waals surface area contributed by atoms with Gasteiger partial charge in [0.15, 0.2) is 5.16 Å². The predicted molar refractivity (Wildman–Crippen MR) is 123 cm³/mol. The van der Waals surface area contributed by atoms with Crippen molar-refractivity contribution in [1.29, 1.82) is 0 Å². The number of aromatic nitrogens is 3. The zero-order valence-electron chi connectivity index (χ0n) is 17.1. The number of carbonyl (C=O) groups excluding carboxylic acids is 1. The van der Waals surface area contributed by atoms with Crippen LogP contribution in [0.3, 0.4) is 0 Å². The van der Waals surface area contributed by atoms with Gasteiger partial charge in [0, 0.05) is 30.2 Å². The second kappa shape index (κ2) is 8.20. The van der Waals surface area contributed by atoms with Gasteiger partial charge < -0.3 is 14.6 Å². The maximum Gasteiger partial charge on any atom is 0.278 e. The lowest BCUT2D eigenvalue weighted by molar-refractivity contribution is -0.116. The van der Waals surface area contributed by atoms with Gasteiger partial charge in [0.05, 0.1) is 18.9 Å². The molecule has 7 nitrogen and oxygen atoms in total. The van der Waals surface area contributed by atoms with Crippen LogP contribution in [-0.2, 0) is 22.5 Å². The Balaban J connectivity index is 1.49. The van der Waals surface area contributed by atoms with Gasteiger partial charge in [-0.3, -0.25) is 14.2 Å². The van der Waals surface area contributed by atoms with Crippen molar-refractivity contribution in [3.63, 3.8) is 0 Å². The van der Waals surface area contributed by atoms with Crippen molar-refractivity contribution in [2.45, 2.75) is 18.1 Å². The molecule has 31 heavy (non-hydrogen) atoms. The fourth-order valence-corrected chi connectivity index (χ4v) is 4.96. The van der Waals surface area contributed by atoms with E-state index in [0.29, 0.717) is 35.9 Å². The highest BCUT2D eigenvalue weighted by Gasteiger charge is 2.25. The number of rotatable bonds is 6. The Morgan fingerprint density at radius 1 is 1.19 bits per heavy atom. The molecule has 3 heterocycles. The van der Waals surface area contributed by atoms with Gasteiger partial charge in [0.2, 0.25) is 5.91 Å². The highest BCUT2D eigenvalue weighted by molar-refractivity contribution is 7.99. The summed E-state index contributed by atoms with van der Waals surface area (Å²) < 4.78 is 6.78. The van der Waals surface area contributed by atoms with Gasteiger partial charge in [0.25, 0.3) is 5.56 Å². The van der Waals surface area contributed by atoms with Crippen LogP contribution >= 0.6 is 11.8 Å². The average Bonchev–Trinajstić information content (AvgIpc) is 3.39. The molecule has 1 aliphatic heterocycles. The normalized spacial score (nSPS) is 13.3. The van der Waals surface area contributed by atoms with E-state index >= 15 is 0 Å². The first-order valence-corrected chi connectivity index (χ1v) is 11.2. The summed E-state index contributed by atoms with van der Waals surface area (Å²) in [5.41, 5.74) is 3.99. The molecule has 0 saturated carbocycles. The maximum atomic E-state index is 13.2. The number of hydrogen-bond donors (Lipinski definition) is 1. The quantitative estimate of drug-likeness (QED) is 0.372. The average molecular weight is 435 g/mol. The van der Waals surface area contributed by atoms with Crippen molar-refractivity contribution >= 4 is 45.3 Å². The second-order valence-electron chi connectivity index (χ2n) is 7.45. The molecule has 0 atom stereocenters. The standard InChI is InChI=1S/C23H22N4O3S/c1-30-13-12-27-22(29)21-20(16-7-3-4-8-17(16)24-21)25-23(27)31-14-19(28)26-11-10-15-6-2-5-9-18(15)26/h2-9,24H,10-14H2,1H3. The molecule has 0 bridgehead atoms. The van der Waals surface area contributed by atoms with Gasteiger partial charge in [-0.1, -0.05) is 48.2 Å². The number of anilines is 1. The minimum absolute atomic E-state index is 0.0153. The molecule has 158 valence electrons. The van der Waals surface area contributed by atoms with Crippen LogP contribution in [0, 0.1) is 0 Å². The summed E-state index contributed by atoms with van der Waals surface area (Å²) in [7, 11) is 1.60. The number of hydrogen-bond acceptors (Lipinski definition) is 5. The molecule has 1 aliphatic rings. The van der Waals surface area contributed by atoms with Crippen molar-refractivity contribution < 1.29 is 9.53 Å². The molecule has 0 spiro atoms. The summed E-state index contributed by atoms with van der Waals surface area (Å²) in [4.78, 5) is 36.0. The molecular formula is C23H22N4O3S. The second-order valence-corrected chi connectivity index (χ2v) is 8.39. The van der Waals surface area contributed by atoms with Crippen LogP contribution in [0.5, 0.6) is 0 Å². The zero-order chi connectivity index (χ0) is 21.4. The minimum atomic E-state index is -0.153. The van der Waals surface area contributed by atoms with Crippen LogP contribution in [0.15, 0.2) is 58.5 Å². The minimum Gasteiger partial charge on any atom is -0.383 e. The number of carbonyl (C=O) groups is 1. The third-order valence-electron chi connectivity index (χ3n) is 5.61. The van der Waals surface area contributed by atoms with Gasteiger partial charge in [-0.05, 0) is 24.1 Å². The molecule has 5 rings (SSSR count). The first-order valence-electron chi connectivity index (χ1n) is 10.2. The lowest BCUT2D eigenvalue weighted by atomic mass is 10.2. The summed E-state index contributed by atoms with van der Waals surface area (Å²) in [5, 5.41) is 1.43. The van der Waals surface area contributed by atoms with Crippen LogP contribution in [-0.4, -0.2) is 46.5 Å². The molecule has 0 saturated heterocycles. The summed E-state index contributed by atoms with van der Waals surface area (Å²) in [5.74, 6) is 0.225. The van der Waals surface area contributed by atoms with Crippen molar-refractivity contribution in [2.24, 2.45) is 0 Å². The number of amides is 1. The fraction of sp³-hybridized carbons (Fsp3) is 0.261. The lowest BCUT2D eigenvalue weighted by Crippen LogP contribution is -2.31. The molecule has 8 heteroatoms. The number of thioether (sulfide) groups is 1. The van der Waals surface area contributed by atoms with E-state index in [0.717, 1.165) is 23.0 Å². The van der Waals surface area contributed by atoms with Crippen LogP contribution in [0.1, 0.15) is 5.56 Å². The smallest absolute Gasteiger partial charge is 0.278 e. The molecular weight excluding hydrogens is 412 g/mol. The number of nitrogens with one attached hydrogen (secondary N) is 1. The molecule has 0 aliphatic carbocycles. The number of ether oxygens (including phenoxy) is 1. The predicted octanol–water partition coefficient (Wildman–Crippen LogP) is 3.21. The third kappa shape index (κ3) is 3.51. The van der Waals surface area contributed by atoms with Crippen molar-refractivity contribution in [2.75, 3.05) is 30.9 Å². The van der Waals surface area contributed by atoms with Crippen molar-refractivity contribution in [3.05, 3.63) is 64.4 Å². The number of aromatic amines is 1. The Kier molecular flexibility index (Phi) is 5.25. The summed E-state index contributed by atoms with van der Waals surface area (Å²) in [6.45, 7) is 1.44. The van der Waals surface area contributed by atoms with E-state index in [2.05, 4.69) is 11.1 Å². The zero-order valence-corrected chi connectivity index (χ0v) is 17.9. The van der Waals surface area contributed by atoms with E-state index in [9.17, 15) is 9.59 Å². The van der Waals surface area contributed by atoms with Gasteiger partial charge in [-0.2, -0.15) is 0 Å². The number of benzene rings is 2. The van der Waals surface area contributed by atoms with Crippen molar-refractivity contribution in [3.8, 4) is 0 Å². The van der Waals surface area contributed by atoms with Crippen LogP contribution in [0.4, 0.5) is 5.69 Å². The highest BCUT2D eigenvalue weighted by atomic mass is 32.2. The van der Waals surface area contributed by atoms with Crippen LogP contribution in [0.2, 0.25) is 0 Å². The molecule has 0 fully saturated rings. The van der Waals surface area contributed by atoms with Crippen molar-refractivity contribution in [1.82, 2.24) is 14.5 Å². The molecule has 1 amide bonds. The molecule has 0 unspecified atom stereocenters. The largest absolute Gasteiger partial charge is 0.383 e. The lowest BCUT2D eigenvalue weighted by Gasteiger charge is -2.17. The van der Waals surface area contributed by atoms with Gasteiger partial charge in [-0.25, -0.2) is 4.98 Å². The summed E-state index contributed by atoms with van der Waals surface area (Å²) in [6.07, 6.45) is 0.866. The molecule has 2 aromatic carbocycles. The highest BCUT2D eigenvalue weighted by Crippen LogP contribution is 2.29. The topological polar surface area (TPSA) is 80.2 Å². The van der Waals surface area contributed by atoms with Gasteiger partial charge in [0.1, 0.15) is 11.0 Å². The fourth-order valence-electron chi connectivity index (χ4n) is 4.07. The Labute approximate surface area is 183 Å². The first-order chi connectivity index (χ1) is 15.2. The number of H-pyrrole nitrogens is 1. The Bertz CT molecular complexity index is 1340. The number of methoxy groups -OCH3 is 1. The van der Waals surface area contributed by atoms with E-state index in [1.807, 2.05) is 47.4 Å². The summed E-state index contributed by atoms with van der Waals surface area (Å²) in [6, 6.07) is 15.7. The van der Waals surface area contributed by atoms with E-state index in [1.165, 1.54) is 17.3 Å². The number of para-hydroxylation sites is 2. The maximum absolute atomic E-state index is 13.2. The first kappa shape index (κ1) is 19.8. The van der Waals surface area contributed by atoms with E-state index in [4.69, 9.17) is 9.72 Å². The SMILES string of the molecule is COCCn1c(SCC(=O)N2CCc3ccccc32)nc2c([nH]c3ccccc32)c1=O.